The molecular formula is C9H10ClNOS. The second kappa shape index (κ2) is 3.94. The van der Waals surface area contributed by atoms with Crippen molar-refractivity contribution in [2.24, 2.45) is 0 Å². The maximum Gasteiger partial charge on any atom is 0.268 e. The van der Waals surface area contributed by atoms with Crippen molar-refractivity contribution in [2.75, 3.05) is 0 Å². The largest absolute Gasteiger partial charge is 0.268 e. The molecule has 0 unspecified atom stereocenters. The number of aryl methyl sites for hydroxylation is 1. The summed E-state index contributed by atoms with van der Waals surface area (Å²) in [6.07, 6.45) is 0. The number of fused-ring (bicyclic) bond motifs is 1. The highest BCUT2D eigenvalue weighted by Crippen LogP contribution is 2.15. The van der Waals surface area contributed by atoms with Gasteiger partial charge in [0.25, 0.3) is 5.56 Å². The Morgan fingerprint density at radius 3 is 2.69 bits per heavy atom. The zero-order valence-electron chi connectivity index (χ0n) is 7.19. The molecule has 0 aliphatic heterocycles. The average Bonchev–Trinajstić information content (AvgIpc) is 2.44. The predicted octanol–water partition coefficient (Wildman–Crippen LogP) is 2.50. The number of halogens is 1. The Kier molecular flexibility index (Phi) is 3.12. The second-order valence-corrected chi connectivity index (χ2v) is 3.65. The van der Waals surface area contributed by atoms with Gasteiger partial charge in [-0.1, -0.05) is 23.7 Å². The van der Waals surface area contributed by atoms with E-state index >= 15 is 0 Å². The SMILES string of the molecule is CCn1sc2ccccc2c1=O.Cl. The molecule has 1 aromatic carbocycles. The lowest BCUT2D eigenvalue weighted by atomic mass is 10.3. The molecule has 2 aromatic rings. The third kappa shape index (κ3) is 1.62. The molecule has 0 saturated carbocycles. The Morgan fingerprint density at radius 2 is 2.08 bits per heavy atom. The van der Waals surface area contributed by atoms with Crippen molar-refractivity contribution in [3.63, 3.8) is 0 Å². The highest BCUT2D eigenvalue weighted by molar-refractivity contribution is 7.13. The van der Waals surface area contributed by atoms with E-state index in [0.29, 0.717) is 0 Å². The van der Waals surface area contributed by atoms with Crippen LogP contribution in [-0.2, 0) is 6.54 Å². The van der Waals surface area contributed by atoms with Crippen molar-refractivity contribution in [2.45, 2.75) is 13.5 Å². The maximum absolute atomic E-state index is 11.5. The zero-order chi connectivity index (χ0) is 8.55. The Labute approximate surface area is 86.4 Å². The van der Waals surface area contributed by atoms with E-state index in [1.807, 2.05) is 31.2 Å². The first-order valence-corrected chi connectivity index (χ1v) is 4.69. The Bertz CT molecular complexity index is 460. The molecule has 1 aromatic heterocycles. The minimum Gasteiger partial charge on any atom is -0.268 e. The van der Waals surface area contributed by atoms with E-state index in [9.17, 15) is 4.79 Å². The molecule has 0 bridgehead atoms. The Balaban J connectivity index is 0.000000845. The van der Waals surface area contributed by atoms with Gasteiger partial charge in [0.15, 0.2) is 0 Å². The van der Waals surface area contributed by atoms with Crippen LogP contribution in [0, 0.1) is 0 Å². The molecule has 2 nitrogen and oxygen atoms in total. The smallest absolute Gasteiger partial charge is 0.268 e. The normalized spacial score (nSPS) is 9.92. The summed E-state index contributed by atoms with van der Waals surface area (Å²) in [5.74, 6) is 0. The van der Waals surface area contributed by atoms with E-state index in [2.05, 4.69) is 0 Å². The summed E-state index contributed by atoms with van der Waals surface area (Å²) in [6.45, 7) is 2.74. The molecule has 0 amide bonds. The van der Waals surface area contributed by atoms with Gasteiger partial charge in [0.2, 0.25) is 0 Å². The van der Waals surface area contributed by atoms with Gasteiger partial charge in [0.1, 0.15) is 0 Å². The topological polar surface area (TPSA) is 22.0 Å². The van der Waals surface area contributed by atoms with Gasteiger partial charge >= 0.3 is 0 Å². The molecule has 13 heavy (non-hydrogen) atoms. The third-order valence-corrected chi connectivity index (χ3v) is 3.04. The van der Waals surface area contributed by atoms with Crippen LogP contribution in [-0.4, -0.2) is 3.96 Å². The van der Waals surface area contributed by atoms with Crippen LogP contribution < -0.4 is 5.56 Å². The fourth-order valence-electron chi connectivity index (χ4n) is 1.23. The highest BCUT2D eigenvalue weighted by Gasteiger charge is 2.03. The number of hydrogen-bond acceptors (Lipinski definition) is 2. The second-order valence-electron chi connectivity index (χ2n) is 2.59. The number of nitrogens with zero attached hydrogens (tertiary/aromatic N) is 1. The van der Waals surface area contributed by atoms with Crippen LogP contribution in [0.3, 0.4) is 0 Å². The summed E-state index contributed by atoms with van der Waals surface area (Å²) in [4.78, 5) is 11.5. The van der Waals surface area contributed by atoms with Crippen molar-refractivity contribution >= 4 is 34.0 Å². The maximum atomic E-state index is 11.5. The molecule has 0 radical (unpaired) electrons. The van der Waals surface area contributed by atoms with Crippen molar-refractivity contribution in [1.29, 1.82) is 0 Å². The van der Waals surface area contributed by atoms with E-state index in [1.54, 1.807) is 3.96 Å². The van der Waals surface area contributed by atoms with Gasteiger partial charge < -0.3 is 0 Å². The molecular weight excluding hydrogens is 206 g/mol. The van der Waals surface area contributed by atoms with Gasteiger partial charge in [-0.2, -0.15) is 0 Å². The molecule has 0 N–H and O–H groups in total. The Morgan fingerprint density at radius 1 is 1.38 bits per heavy atom. The number of hydrogen-bond donors (Lipinski definition) is 0. The monoisotopic (exact) mass is 215 g/mol. The molecule has 0 saturated heterocycles. The molecule has 0 atom stereocenters. The molecule has 0 fully saturated rings. The molecule has 1 heterocycles. The Hall–Kier alpha value is -0.800. The van der Waals surface area contributed by atoms with Crippen molar-refractivity contribution in [3.05, 3.63) is 34.6 Å². The van der Waals surface area contributed by atoms with E-state index in [4.69, 9.17) is 0 Å². The van der Waals surface area contributed by atoms with Crippen LogP contribution in [0.2, 0.25) is 0 Å². The van der Waals surface area contributed by atoms with Crippen molar-refractivity contribution < 1.29 is 0 Å². The molecule has 0 aliphatic carbocycles. The summed E-state index contributed by atoms with van der Waals surface area (Å²) in [5.41, 5.74) is 0.137. The fraction of sp³-hybridized carbons (Fsp3) is 0.222. The van der Waals surface area contributed by atoms with Crippen LogP contribution >= 0.6 is 23.9 Å². The van der Waals surface area contributed by atoms with Gasteiger partial charge in [-0.3, -0.25) is 8.75 Å². The molecule has 4 heteroatoms. The summed E-state index contributed by atoms with van der Waals surface area (Å²) in [7, 11) is 0. The van der Waals surface area contributed by atoms with E-state index in [0.717, 1.165) is 16.6 Å². The third-order valence-electron chi connectivity index (χ3n) is 1.84. The lowest BCUT2D eigenvalue weighted by molar-refractivity contribution is 0.814. The summed E-state index contributed by atoms with van der Waals surface area (Å²) >= 11 is 1.53. The van der Waals surface area contributed by atoms with Gasteiger partial charge in [-0.05, 0) is 19.1 Å². The minimum absolute atomic E-state index is 0. The van der Waals surface area contributed by atoms with E-state index in [-0.39, 0.29) is 18.0 Å². The lowest BCUT2D eigenvalue weighted by Gasteiger charge is -1.87. The van der Waals surface area contributed by atoms with Crippen LogP contribution in [0.5, 0.6) is 0 Å². The van der Waals surface area contributed by atoms with E-state index in [1.165, 1.54) is 11.5 Å². The molecule has 70 valence electrons. The minimum atomic E-state index is 0. The first-order valence-electron chi connectivity index (χ1n) is 3.92. The van der Waals surface area contributed by atoms with Crippen molar-refractivity contribution in [1.82, 2.24) is 3.96 Å². The number of rotatable bonds is 1. The van der Waals surface area contributed by atoms with Crippen LogP contribution in [0.1, 0.15) is 6.92 Å². The summed E-state index contributed by atoms with van der Waals surface area (Å²) < 4.78 is 2.84. The van der Waals surface area contributed by atoms with E-state index < -0.39 is 0 Å². The summed E-state index contributed by atoms with van der Waals surface area (Å²) in [6, 6.07) is 7.71. The highest BCUT2D eigenvalue weighted by atomic mass is 35.5. The zero-order valence-corrected chi connectivity index (χ0v) is 8.82. The summed E-state index contributed by atoms with van der Waals surface area (Å²) in [5, 5.41) is 0.837. The molecule has 0 aliphatic rings. The molecule has 2 rings (SSSR count). The quantitative estimate of drug-likeness (QED) is 0.717. The standard InChI is InChI=1S/C9H9NOS.ClH/c1-2-10-9(11)7-5-3-4-6-8(7)12-10;/h3-6H,2H2,1H3;1H. The van der Waals surface area contributed by atoms with Crippen molar-refractivity contribution in [3.8, 4) is 0 Å². The van der Waals surface area contributed by atoms with Crippen LogP contribution in [0.15, 0.2) is 29.1 Å². The fourth-order valence-corrected chi connectivity index (χ4v) is 2.17. The predicted molar refractivity (Wildman–Crippen MR) is 59.0 cm³/mol. The van der Waals surface area contributed by atoms with Crippen LogP contribution in [0.4, 0.5) is 0 Å². The first-order chi connectivity index (χ1) is 5.83. The first kappa shape index (κ1) is 10.3. The average molecular weight is 216 g/mol. The molecule has 0 spiro atoms. The number of benzene rings is 1. The lowest BCUT2D eigenvalue weighted by Crippen LogP contribution is -2.10. The van der Waals surface area contributed by atoms with Gasteiger partial charge in [-0.25, -0.2) is 0 Å². The van der Waals surface area contributed by atoms with Gasteiger partial charge in [-0.15, -0.1) is 12.4 Å². The van der Waals surface area contributed by atoms with Gasteiger partial charge in [0.05, 0.1) is 10.1 Å². The van der Waals surface area contributed by atoms with Crippen LogP contribution in [0.25, 0.3) is 10.1 Å². The number of aromatic nitrogens is 1. The van der Waals surface area contributed by atoms with Gasteiger partial charge in [0, 0.05) is 6.54 Å².